The summed E-state index contributed by atoms with van der Waals surface area (Å²) in [5.74, 6) is -0.535. The molecule has 1 aliphatic heterocycles. The van der Waals surface area contributed by atoms with Crippen molar-refractivity contribution >= 4 is 26.1 Å². The number of hydrogen-bond donors (Lipinski definition) is 0. The number of halogens is 3. The van der Waals surface area contributed by atoms with Gasteiger partial charge in [-0.2, -0.15) is 8.61 Å². The minimum absolute atomic E-state index is 0.0457. The first-order valence-corrected chi connectivity index (χ1v) is 12.0. The van der Waals surface area contributed by atoms with Crippen molar-refractivity contribution < 1.29 is 34.7 Å². The highest BCUT2D eigenvalue weighted by molar-refractivity contribution is 7.92. The number of rotatable bonds is 6. The van der Waals surface area contributed by atoms with Crippen molar-refractivity contribution in [3.63, 3.8) is 0 Å². The van der Waals surface area contributed by atoms with Gasteiger partial charge in [-0.05, 0) is 35.9 Å². The number of hydrogen-bond acceptors (Lipinski definition) is 5. The summed E-state index contributed by atoms with van der Waals surface area (Å²) in [6.45, 7) is -0.255. The molecule has 0 unspecified atom stereocenters. The molecule has 1 aliphatic rings. The van der Waals surface area contributed by atoms with E-state index >= 15 is 0 Å². The Hall–Kier alpha value is -2.41. The minimum Gasteiger partial charge on any atom is -0.406 e. The lowest BCUT2D eigenvalue weighted by Gasteiger charge is -2.32. The van der Waals surface area contributed by atoms with Gasteiger partial charge in [0, 0.05) is 31.6 Å². The Balaban J connectivity index is 1.65. The molecule has 0 atom stereocenters. The topological polar surface area (TPSA) is 84.0 Å². The summed E-state index contributed by atoms with van der Waals surface area (Å²) in [5.41, 5.74) is 0.713. The van der Waals surface area contributed by atoms with E-state index in [-0.39, 0.29) is 31.1 Å². The van der Waals surface area contributed by atoms with Gasteiger partial charge in [-0.15, -0.1) is 13.2 Å². The maximum Gasteiger partial charge on any atom is 0.573 e. The van der Waals surface area contributed by atoms with Crippen LogP contribution in [0.2, 0.25) is 0 Å². The van der Waals surface area contributed by atoms with Crippen LogP contribution in [0.15, 0.2) is 64.9 Å². The zero-order chi connectivity index (χ0) is 22.7. The number of sulfonamides is 2. The van der Waals surface area contributed by atoms with Gasteiger partial charge >= 0.3 is 6.36 Å². The molecule has 1 saturated heterocycles. The van der Waals surface area contributed by atoms with Gasteiger partial charge in [-0.25, -0.2) is 16.8 Å². The van der Waals surface area contributed by atoms with Crippen LogP contribution in [0.3, 0.4) is 0 Å². The number of ether oxygens (including phenoxy) is 1. The molecule has 0 N–H and O–H groups in total. The van der Waals surface area contributed by atoms with Gasteiger partial charge in [-0.1, -0.05) is 30.3 Å². The largest absolute Gasteiger partial charge is 0.573 e. The maximum absolute atomic E-state index is 12.7. The van der Waals surface area contributed by atoms with E-state index in [0.29, 0.717) is 5.56 Å². The fourth-order valence-corrected chi connectivity index (χ4v) is 5.54. The molecule has 0 bridgehead atoms. The van der Waals surface area contributed by atoms with Crippen molar-refractivity contribution in [3.8, 4) is 5.75 Å². The average molecular weight is 476 g/mol. The van der Waals surface area contributed by atoms with Crippen LogP contribution in [0.1, 0.15) is 5.56 Å². The fourth-order valence-electron chi connectivity index (χ4n) is 2.94. The highest BCUT2D eigenvalue weighted by atomic mass is 32.2. The molecular weight excluding hydrogens is 457 g/mol. The quantitative estimate of drug-likeness (QED) is 0.640. The Kier molecular flexibility index (Phi) is 6.74. The summed E-state index contributed by atoms with van der Waals surface area (Å²) >= 11 is 0. The van der Waals surface area contributed by atoms with Crippen LogP contribution < -0.4 is 4.74 Å². The lowest BCUT2D eigenvalue weighted by Crippen LogP contribution is -2.49. The first-order chi connectivity index (χ1) is 14.5. The Labute approximate surface area is 178 Å². The minimum atomic E-state index is -4.88. The summed E-state index contributed by atoms with van der Waals surface area (Å²) in [5, 5.41) is 1.08. The molecule has 1 fully saturated rings. The van der Waals surface area contributed by atoms with Gasteiger partial charge in [0.2, 0.25) is 20.0 Å². The lowest BCUT2D eigenvalue weighted by molar-refractivity contribution is -0.274. The zero-order valence-corrected chi connectivity index (χ0v) is 17.7. The van der Waals surface area contributed by atoms with Crippen molar-refractivity contribution in [1.82, 2.24) is 8.61 Å². The van der Waals surface area contributed by atoms with Crippen LogP contribution in [0.5, 0.6) is 5.75 Å². The Morgan fingerprint density at radius 3 is 1.90 bits per heavy atom. The molecule has 0 aliphatic carbocycles. The molecular formula is C19H19F3N2O5S2. The highest BCUT2D eigenvalue weighted by Crippen LogP contribution is 2.25. The van der Waals surface area contributed by atoms with E-state index in [1.807, 2.05) is 6.07 Å². The van der Waals surface area contributed by atoms with Crippen molar-refractivity contribution in [2.24, 2.45) is 0 Å². The summed E-state index contributed by atoms with van der Waals surface area (Å²) in [4.78, 5) is -0.206. The van der Waals surface area contributed by atoms with Gasteiger partial charge < -0.3 is 4.74 Å². The molecule has 3 rings (SSSR count). The third kappa shape index (κ3) is 6.06. The molecule has 168 valence electrons. The number of alkyl halides is 3. The second-order valence-corrected chi connectivity index (χ2v) is 10.3. The number of piperazine rings is 1. The maximum atomic E-state index is 12.7. The Morgan fingerprint density at radius 2 is 1.35 bits per heavy atom. The van der Waals surface area contributed by atoms with E-state index in [2.05, 4.69) is 4.74 Å². The van der Waals surface area contributed by atoms with E-state index in [1.54, 1.807) is 24.3 Å². The van der Waals surface area contributed by atoms with Crippen molar-refractivity contribution in [2.75, 3.05) is 26.2 Å². The van der Waals surface area contributed by atoms with Gasteiger partial charge in [0.25, 0.3) is 0 Å². The first kappa shape index (κ1) is 23.3. The normalized spacial score (nSPS) is 17.1. The average Bonchev–Trinajstić information content (AvgIpc) is 2.72. The molecule has 7 nitrogen and oxygen atoms in total. The lowest BCUT2D eigenvalue weighted by atomic mass is 10.2. The van der Waals surface area contributed by atoms with Gasteiger partial charge in [0.1, 0.15) is 5.75 Å². The summed E-state index contributed by atoms with van der Waals surface area (Å²) in [6.07, 6.45) is -3.42. The summed E-state index contributed by atoms with van der Waals surface area (Å²) in [6, 6.07) is 12.7. The first-order valence-electron chi connectivity index (χ1n) is 9.07. The second kappa shape index (κ2) is 8.99. The standard InChI is InChI=1S/C19H19F3N2O5S2/c20-19(21,22)29-17-6-8-18(9-7-17)31(27,28)24-13-11-23(12-14-24)30(25,26)15-10-16-4-2-1-3-5-16/h1-10,15H,11-14H2. The van der Waals surface area contributed by atoms with E-state index < -0.39 is 32.2 Å². The Morgan fingerprint density at radius 1 is 0.806 bits per heavy atom. The molecule has 1 heterocycles. The van der Waals surface area contributed by atoms with Crippen molar-refractivity contribution in [2.45, 2.75) is 11.3 Å². The van der Waals surface area contributed by atoms with Gasteiger partial charge in [-0.3, -0.25) is 0 Å². The number of benzene rings is 2. The zero-order valence-electron chi connectivity index (χ0n) is 16.1. The second-order valence-electron chi connectivity index (χ2n) is 6.58. The molecule has 0 radical (unpaired) electrons. The molecule has 31 heavy (non-hydrogen) atoms. The highest BCUT2D eigenvalue weighted by Gasteiger charge is 2.33. The van der Waals surface area contributed by atoms with E-state index in [0.717, 1.165) is 34.0 Å². The summed E-state index contributed by atoms with van der Waals surface area (Å²) in [7, 11) is -7.72. The van der Waals surface area contributed by atoms with E-state index in [1.165, 1.54) is 10.4 Å². The van der Waals surface area contributed by atoms with Gasteiger partial charge in [0.05, 0.1) is 4.90 Å². The predicted octanol–water partition coefficient (Wildman–Crippen LogP) is 2.89. The van der Waals surface area contributed by atoms with Crippen LogP contribution in [-0.4, -0.2) is 58.0 Å². The van der Waals surface area contributed by atoms with Crippen LogP contribution in [0.4, 0.5) is 13.2 Å². The molecule has 2 aromatic rings. The monoisotopic (exact) mass is 476 g/mol. The Bertz CT molecular complexity index is 1130. The SMILES string of the molecule is O=S(=O)(C=Cc1ccccc1)N1CCN(S(=O)(=O)c2ccc(OC(F)(F)F)cc2)CC1. The molecule has 2 aromatic carbocycles. The van der Waals surface area contributed by atoms with Crippen LogP contribution in [0, 0.1) is 0 Å². The van der Waals surface area contributed by atoms with Crippen LogP contribution in [0.25, 0.3) is 6.08 Å². The van der Waals surface area contributed by atoms with E-state index in [9.17, 15) is 30.0 Å². The molecule has 0 aromatic heterocycles. The fraction of sp³-hybridized carbons (Fsp3) is 0.263. The number of nitrogens with zero attached hydrogens (tertiary/aromatic N) is 2. The van der Waals surface area contributed by atoms with Crippen molar-refractivity contribution in [3.05, 3.63) is 65.6 Å². The molecule has 12 heteroatoms. The predicted molar refractivity (Wildman–Crippen MR) is 108 cm³/mol. The third-order valence-corrected chi connectivity index (χ3v) is 7.96. The van der Waals surface area contributed by atoms with Crippen LogP contribution >= 0.6 is 0 Å². The summed E-state index contributed by atoms with van der Waals surface area (Å²) < 4.78 is 93.2. The smallest absolute Gasteiger partial charge is 0.406 e. The third-order valence-electron chi connectivity index (χ3n) is 4.48. The van der Waals surface area contributed by atoms with Crippen LogP contribution in [-0.2, 0) is 20.0 Å². The molecule has 0 amide bonds. The molecule has 0 spiro atoms. The van der Waals surface area contributed by atoms with E-state index in [4.69, 9.17) is 0 Å². The van der Waals surface area contributed by atoms with Crippen molar-refractivity contribution in [1.29, 1.82) is 0 Å². The molecule has 0 saturated carbocycles. The van der Waals surface area contributed by atoms with Gasteiger partial charge in [0.15, 0.2) is 0 Å².